The zero-order valence-electron chi connectivity index (χ0n) is 12.3. The Hall–Kier alpha value is -1.88. The predicted octanol–water partition coefficient (Wildman–Crippen LogP) is 0.784. The molecule has 0 aliphatic rings. The van der Waals surface area contributed by atoms with E-state index in [1.807, 2.05) is 25.1 Å². The van der Waals surface area contributed by atoms with E-state index in [9.17, 15) is 9.59 Å². The van der Waals surface area contributed by atoms with Crippen LogP contribution in [0.1, 0.15) is 29.8 Å². The molecule has 0 saturated heterocycles. The Balaban J connectivity index is 2.71. The molecule has 0 aliphatic carbocycles. The van der Waals surface area contributed by atoms with E-state index < -0.39 is 6.04 Å². The maximum atomic E-state index is 12.1. The van der Waals surface area contributed by atoms with Crippen LogP contribution in [0.15, 0.2) is 24.3 Å². The van der Waals surface area contributed by atoms with Crippen LogP contribution in [0.2, 0.25) is 0 Å². The van der Waals surface area contributed by atoms with Crippen molar-refractivity contribution < 1.29 is 9.59 Å². The minimum atomic E-state index is -0.536. The monoisotopic (exact) mass is 277 g/mol. The molecule has 0 spiro atoms. The summed E-state index contributed by atoms with van der Waals surface area (Å²) in [5, 5.41) is 2.72. The van der Waals surface area contributed by atoms with Crippen LogP contribution in [0.3, 0.4) is 0 Å². The SMILES string of the molecule is CCN(C)C(=O)C(C)NC(=O)c1cccc(CCN)c1. The number of rotatable bonds is 6. The highest BCUT2D eigenvalue weighted by Crippen LogP contribution is 2.06. The van der Waals surface area contributed by atoms with Crippen LogP contribution in [-0.4, -0.2) is 42.9 Å². The second kappa shape index (κ2) is 7.65. The molecule has 5 nitrogen and oxygen atoms in total. The normalized spacial score (nSPS) is 11.8. The number of likely N-dealkylation sites (N-methyl/N-ethyl adjacent to an activating group) is 1. The van der Waals surface area contributed by atoms with Crippen molar-refractivity contribution in [3.8, 4) is 0 Å². The molecule has 1 aromatic carbocycles. The quantitative estimate of drug-likeness (QED) is 0.807. The summed E-state index contributed by atoms with van der Waals surface area (Å²) in [5.74, 6) is -0.340. The number of carbonyl (C=O) groups excluding carboxylic acids is 2. The number of benzene rings is 1. The average molecular weight is 277 g/mol. The molecule has 0 aliphatic heterocycles. The molecular weight excluding hydrogens is 254 g/mol. The number of nitrogens with zero attached hydrogens (tertiary/aromatic N) is 1. The zero-order chi connectivity index (χ0) is 15.1. The lowest BCUT2D eigenvalue weighted by atomic mass is 10.1. The number of hydrogen-bond acceptors (Lipinski definition) is 3. The topological polar surface area (TPSA) is 75.4 Å². The average Bonchev–Trinajstić information content (AvgIpc) is 2.46. The van der Waals surface area contributed by atoms with E-state index in [0.29, 0.717) is 18.7 Å². The van der Waals surface area contributed by atoms with E-state index in [4.69, 9.17) is 5.73 Å². The van der Waals surface area contributed by atoms with Crippen molar-refractivity contribution in [2.45, 2.75) is 26.3 Å². The van der Waals surface area contributed by atoms with E-state index in [-0.39, 0.29) is 11.8 Å². The van der Waals surface area contributed by atoms with Crippen LogP contribution < -0.4 is 11.1 Å². The van der Waals surface area contributed by atoms with Crippen molar-refractivity contribution in [1.29, 1.82) is 0 Å². The molecular formula is C15H23N3O2. The van der Waals surface area contributed by atoms with Gasteiger partial charge < -0.3 is 16.0 Å². The number of nitrogens with one attached hydrogen (secondary N) is 1. The summed E-state index contributed by atoms with van der Waals surface area (Å²) in [6.07, 6.45) is 0.730. The van der Waals surface area contributed by atoms with Gasteiger partial charge in [-0.05, 0) is 44.5 Å². The van der Waals surface area contributed by atoms with Gasteiger partial charge in [0.25, 0.3) is 5.91 Å². The predicted molar refractivity (Wildman–Crippen MR) is 79.4 cm³/mol. The van der Waals surface area contributed by atoms with Crippen LogP contribution in [0.4, 0.5) is 0 Å². The smallest absolute Gasteiger partial charge is 0.251 e. The van der Waals surface area contributed by atoms with E-state index in [0.717, 1.165) is 12.0 Å². The standard InChI is InChI=1S/C15H23N3O2/c1-4-18(3)15(20)11(2)17-14(19)13-7-5-6-12(10-13)8-9-16/h5-7,10-11H,4,8-9,16H2,1-3H3,(H,17,19). The summed E-state index contributed by atoms with van der Waals surface area (Å²) in [6, 6.07) is 6.76. The Morgan fingerprint density at radius 3 is 2.70 bits per heavy atom. The number of amides is 2. The van der Waals surface area contributed by atoms with Crippen molar-refractivity contribution in [2.75, 3.05) is 20.1 Å². The Kier molecular flexibility index (Phi) is 6.18. The van der Waals surface area contributed by atoms with Gasteiger partial charge >= 0.3 is 0 Å². The van der Waals surface area contributed by atoms with Gasteiger partial charge in [-0.2, -0.15) is 0 Å². The van der Waals surface area contributed by atoms with E-state index in [1.165, 1.54) is 0 Å². The maximum absolute atomic E-state index is 12.1. The van der Waals surface area contributed by atoms with Crippen LogP contribution in [0.25, 0.3) is 0 Å². The van der Waals surface area contributed by atoms with Crippen molar-refractivity contribution in [1.82, 2.24) is 10.2 Å². The fourth-order valence-electron chi connectivity index (χ4n) is 1.86. The van der Waals surface area contributed by atoms with Crippen LogP contribution in [0, 0.1) is 0 Å². The first kappa shape index (κ1) is 16.2. The lowest BCUT2D eigenvalue weighted by Crippen LogP contribution is -2.45. The maximum Gasteiger partial charge on any atom is 0.251 e. The van der Waals surface area contributed by atoms with Gasteiger partial charge in [0, 0.05) is 19.2 Å². The molecule has 0 saturated carbocycles. The molecule has 110 valence electrons. The largest absolute Gasteiger partial charge is 0.344 e. The minimum absolute atomic E-state index is 0.0982. The Morgan fingerprint density at radius 2 is 2.10 bits per heavy atom. The van der Waals surface area contributed by atoms with Crippen LogP contribution in [0.5, 0.6) is 0 Å². The molecule has 5 heteroatoms. The van der Waals surface area contributed by atoms with Crippen molar-refractivity contribution >= 4 is 11.8 Å². The molecule has 3 N–H and O–H groups in total. The van der Waals surface area contributed by atoms with Gasteiger partial charge in [0.15, 0.2) is 0 Å². The van der Waals surface area contributed by atoms with Gasteiger partial charge in [0.2, 0.25) is 5.91 Å². The lowest BCUT2D eigenvalue weighted by Gasteiger charge is -2.20. The third-order valence-electron chi connectivity index (χ3n) is 3.19. The Morgan fingerprint density at radius 1 is 1.40 bits per heavy atom. The molecule has 2 amide bonds. The second-order valence-corrected chi connectivity index (χ2v) is 4.79. The number of nitrogens with two attached hydrogens (primary N) is 1. The molecule has 1 unspecified atom stereocenters. The molecule has 0 fully saturated rings. The number of carbonyl (C=O) groups is 2. The van der Waals surface area contributed by atoms with Crippen molar-refractivity contribution in [2.24, 2.45) is 5.73 Å². The molecule has 1 atom stereocenters. The van der Waals surface area contributed by atoms with Crippen molar-refractivity contribution in [3.63, 3.8) is 0 Å². The zero-order valence-corrected chi connectivity index (χ0v) is 12.3. The van der Waals surface area contributed by atoms with E-state index in [1.54, 1.807) is 24.9 Å². The van der Waals surface area contributed by atoms with Gasteiger partial charge in [0.1, 0.15) is 6.04 Å². The highest BCUT2D eigenvalue weighted by molar-refractivity contribution is 5.97. The Bertz CT molecular complexity index is 474. The van der Waals surface area contributed by atoms with E-state index >= 15 is 0 Å². The molecule has 0 bridgehead atoms. The first-order valence-electron chi connectivity index (χ1n) is 6.84. The summed E-state index contributed by atoms with van der Waals surface area (Å²) < 4.78 is 0. The summed E-state index contributed by atoms with van der Waals surface area (Å²) >= 11 is 0. The molecule has 0 aromatic heterocycles. The Labute approximate surface area is 120 Å². The third kappa shape index (κ3) is 4.35. The van der Waals surface area contributed by atoms with Gasteiger partial charge in [-0.25, -0.2) is 0 Å². The van der Waals surface area contributed by atoms with Gasteiger partial charge in [-0.1, -0.05) is 12.1 Å². The third-order valence-corrected chi connectivity index (χ3v) is 3.19. The minimum Gasteiger partial charge on any atom is -0.344 e. The molecule has 1 rings (SSSR count). The van der Waals surface area contributed by atoms with E-state index in [2.05, 4.69) is 5.32 Å². The van der Waals surface area contributed by atoms with Crippen molar-refractivity contribution in [3.05, 3.63) is 35.4 Å². The van der Waals surface area contributed by atoms with Gasteiger partial charge in [0.05, 0.1) is 0 Å². The van der Waals surface area contributed by atoms with Gasteiger partial charge in [-0.15, -0.1) is 0 Å². The van der Waals surface area contributed by atoms with Gasteiger partial charge in [-0.3, -0.25) is 9.59 Å². The molecule has 0 heterocycles. The number of hydrogen-bond donors (Lipinski definition) is 2. The highest BCUT2D eigenvalue weighted by Gasteiger charge is 2.19. The summed E-state index contributed by atoms with van der Waals surface area (Å²) in [6.45, 7) is 4.74. The fourth-order valence-corrected chi connectivity index (χ4v) is 1.86. The molecule has 20 heavy (non-hydrogen) atoms. The molecule has 0 radical (unpaired) electrons. The summed E-state index contributed by atoms with van der Waals surface area (Å²) in [5.41, 5.74) is 7.07. The second-order valence-electron chi connectivity index (χ2n) is 4.79. The lowest BCUT2D eigenvalue weighted by molar-refractivity contribution is -0.131. The first-order chi connectivity index (χ1) is 9.49. The fraction of sp³-hybridized carbons (Fsp3) is 0.467. The summed E-state index contributed by atoms with van der Waals surface area (Å²) in [4.78, 5) is 25.6. The summed E-state index contributed by atoms with van der Waals surface area (Å²) in [7, 11) is 1.72. The molecule has 1 aromatic rings. The van der Waals surface area contributed by atoms with Crippen LogP contribution in [-0.2, 0) is 11.2 Å². The first-order valence-corrected chi connectivity index (χ1v) is 6.84. The van der Waals surface area contributed by atoms with Crippen LogP contribution >= 0.6 is 0 Å². The highest BCUT2D eigenvalue weighted by atomic mass is 16.2.